The molecule has 434 valence electrons. The van der Waals surface area contributed by atoms with Gasteiger partial charge in [-0.2, -0.15) is 0 Å². The van der Waals surface area contributed by atoms with Crippen LogP contribution in [-0.2, 0) is 32.5 Å². The zero-order valence-corrected chi connectivity index (χ0v) is 53.3. The highest BCUT2D eigenvalue weighted by molar-refractivity contribution is 6.14. The van der Waals surface area contributed by atoms with Crippen LogP contribution in [0.5, 0.6) is 0 Å². The number of fused-ring (bicyclic) bond motifs is 10. The maximum atomic E-state index is 2.63. The van der Waals surface area contributed by atoms with E-state index in [0.717, 1.165) is 34.1 Å². The Kier molecular flexibility index (Phi) is 13.3. The fourth-order valence-corrected chi connectivity index (χ4v) is 15.1. The second-order valence-corrected chi connectivity index (χ2v) is 28.9. The third kappa shape index (κ3) is 8.80. The fraction of sp³-hybridized carbons (Fsp3) is 0.209. The van der Waals surface area contributed by atoms with Gasteiger partial charge in [-0.15, -0.1) is 0 Å². The van der Waals surface area contributed by atoms with Crippen LogP contribution in [0.1, 0.15) is 139 Å². The van der Waals surface area contributed by atoms with Crippen LogP contribution in [0.3, 0.4) is 0 Å². The zero-order valence-electron chi connectivity index (χ0n) is 53.3. The minimum Gasteiger partial charge on any atom is -0.310 e. The van der Waals surface area contributed by atoms with Crippen molar-refractivity contribution in [2.45, 2.75) is 116 Å². The van der Waals surface area contributed by atoms with E-state index >= 15 is 0 Å². The molecular weight excluding hydrogens is 1060 g/mol. The lowest BCUT2D eigenvalue weighted by Gasteiger charge is -2.51. The van der Waals surface area contributed by atoms with Crippen molar-refractivity contribution in [2.75, 3.05) is 9.80 Å². The molecule has 0 bridgehead atoms. The van der Waals surface area contributed by atoms with Gasteiger partial charge in [0.2, 0.25) is 0 Å². The maximum absolute atomic E-state index is 2.63. The highest BCUT2D eigenvalue weighted by Gasteiger charge is 2.65. The molecule has 2 unspecified atom stereocenters. The molecule has 0 N–H and O–H groups in total. The summed E-state index contributed by atoms with van der Waals surface area (Å²) < 4.78 is 0. The van der Waals surface area contributed by atoms with Crippen molar-refractivity contribution in [3.8, 4) is 22.3 Å². The molecule has 14 rings (SSSR count). The van der Waals surface area contributed by atoms with Crippen molar-refractivity contribution in [1.29, 1.82) is 0 Å². The highest BCUT2D eigenvalue weighted by Crippen LogP contribution is 2.72. The van der Waals surface area contributed by atoms with Gasteiger partial charge in [0.25, 0.3) is 0 Å². The number of nitrogens with zero attached hydrogens (tertiary/aromatic N) is 2. The Bertz CT molecular complexity index is 4190. The first-order valence-electron chi connectivity index (χ1n) is 31.7. The van der Waals surface area contributed by atoms with Gasteiger partial charge in [0.1, 0.15) is 0 Å². The number of hydrogen-bond donors (Lipinski definition) is 0. The Morgan fingerprint density at radius 1 is 0.239 bits per heavy atom. The van der Waals surface area contributed by atoms with Gasteiger partial charge in [0.05, 0.1) is 22.2 Å². The van der Waals surface area contributed by atoms with Gasteiger partial charge in [-0.1, -0.05) is 289 Å². The predicted octanol–water partition coefficient (Wildman–Crippen LogP) is 23.5. The minimum absolute atomic E-state index is 0.0192. The fourth-order valence-electron chi connectivity index (χ4n) is 15.1. The van der Waals surface area contributed by atoms with Gasteiger partial charge in [-0.25, -0.2) is 0 Å². The summed E-state index contributed by atoms with van der Waals surface area (Å²) in [4.78, 5) is 5.09. The molecule has 0 radical (unpaired) electrons. The lowest BCUT2D eigenvalue weighted by molar-refractivity contribution is 0.438. The average molecular weight is 1140 g/mol. The van der Waals surface area contributed by atoms with E-state index in [1.807, 2.05) is 0 Å². The molecule has 0 aromatic heterocycles. The smallest absolute Gasteiger partial charge is 0.0642 e. The quantitative estimate of drug-likeness (QED) is 0.142. The van der Waals surface area contributed by atoms with Crippen molar-refractivity contribution in [3.63, 3.8) is 0 Å². The molecule has 2 atom stereocenters. The second kappa shape index (κ2) is 20.7. The van der Waals surface area contributed by atoms with Crippen molar-refractivity contribution in [2.24, 2.45) is 0 Å². The van der Waals surface area contributed by atoms with Crippen LogP contribution in [0, 0.1) is 0 Å². The molecule has 0 fully saturated rings. The molecular formula is C86H80N2. The Morgan fingerprint density at radius 2 is 0.489 bits per heavy atom. The van der Waals surface area contributed by atoms with Crippen LogP contribution in [-0.4, -0.2) is 0 Å². The first kappa shape index (κ1) is 56.6. The SMILES string of the molecule is CC(C)(C)c1ccc(N(c2ccc(C(C)(C)C)cc2)c2cc3c(c4ccccc24)-c2ccccc2C3(c2ccccc2)C2(c3ccccc3)c3ccccc3-c3c2cc(N(c2ccc(C(C)(C)C)cc2)c2ccc(C(C)(C)C)cc2)c2ccccc32)cc1. The molecule has 0 saturated carbocycles. The molecule has 2 aliphatic carbocycles. The van der Waals surface area contributed by atoms with E-state index in [4.69, 9.17) is 0 Å². The summed E-state index contributed by atoms with van der Waals surface area (Å²) in [5.74, 6) is 0. The summed E-state index contributed by atoms with van der Waals surface area (Å²) in [7, 11) is 0. The van der Waals surface area contributed by atoms with Crippen LogP contribution >= 0.6 is 0 Å². The Balaban J connectivity index is 1.17. The maximum Gasteiger partial charge on any atom is 0.0642 e. The van der Waals surface area contributed by atoms with Gasteiger partial charge in [0.15, 0.2) is 0 Å². The van der Waals surface area contributed by atoms with E-state index in [0.29, 0.717) is 0 Å². The molecule has 12 aromatic carbocycles. The molecule has 0 aliphatic heterocycles. The van der Waals surface area contributed by atoms with E-state index < -0.39 is 10.8 Å². The van der Waals surface area contributed by atoms with E-state index in [1.54, 1.807) is 0 Å². The number of hydrogen-bond acceptors (Lipinski definition) is 2. The molecule has 12 aromatic rings. The summed E-state index contributed by atoms with van der Waals surface area (Å²) in [6.45, 7) is 27.7. The minimum atomic E-state index is -0.910. The van der Waals surface area contributed by atoms with Gasteiger partial charge < -0.3 is 9.80 Å². The first-order valence-corrected chi connectivity index (χ1v) is 31.7. The predicted molar refractivity (Wildman–Crippen MR) is 376 cm³/mol. The summed E-state index contributed by atoms with van der Waals surface area (Å²) >= 11 is 0. The molecule has 0 spiro atoms. The topological polar surface area (TPSA) is 6.48 Å². The van der Waals surface area contributed by atoms with Crippen LogP contribution in [0.15, 0.2) is 267 Å². The Morgan fingerprint density at radius 3 is 0.773 bits per heavy atom. The first-order chi connectivity index (χ1) is 42.2. The lowest BCUT2D eigenvalue weighted by atomic mass is 9.49. The molecule has 2 nitrogen and oxygen atoms in total. The van der Waals surface area contributed by atoms with Gasteiger partial charge in [-0.3, -0.25) is 0 Å². The zero-order chi connectivity index (χ0) is 61.1. The van der Waals surface area contributed by atoms with Crippen molar-refractivity contribution in [3.05, 3.63) is 323 Å². The van der Waals surface area contributed by atoms with Crippen LogP contribution in [0.25, 0.3) is 43.8 Å². The third-order valence-electron chi connectivity index (χ3n) is 19.5. The molecule has 0 amide bonds. The van der Waals surface area contributed by atoms with Crippen molar-refractivity contribution < 1.29 is 0 Å². The molecule has 2 heteroatoms. The number of rotatable bonds is 9. The third-order valence-corrected chi connectivity index (χ3v) is 19.5. The van der Waals surface area contributed by atoms with Crippen molar-refractivity contribution in [1.82, 2.24) is 0 Å². The van der Waals surface area contributed by atoms with Gasteiger partial charge >= 0.3 is 0 Å². The summed E-state index contributed by atoms with van der Waals surface area (Å²) in [5, 5.41) is 4.83. The second-order valence-electron chi connectivity index (χ2n) is 28.9. The number of benzene rings is 12. The molecule has 0 saturated heterocycles. The van der Waals surface area contributed by atoms with E-state index in [9.17, 15) is 0 Å². The van der Waals surface area contributed by atoms with E-state index in [2.05, 4.69) is 360 Å². The van der Waals surface area contributed by atoms with E-state index in [1.165, 1.54) is 99.4 Å². The lowest BCUT2D eigenvalue weighted by Crippen LogP contribution is -2.50. The Hall–Kier alpha value is -9.24. The van der Waals surface area contributed by atoms with Crippen LogP contribution < -0.4 is 9.80 Å². The Labute approximate surface area is 522 Å². The normalized spacial score (nSPS) is 16.3. The number of anilines is 6. The van der Waals surface area contributed by atoms with Gasteiger partial charge in [-0.05, 0) is 171 Å². The monoisotopic (exact) mass is 1140 g/mol. The average Bonchev–Trinajstić information content (AvgIpc) is 1.45. The molecule has 2 aliphatic rings. The summed E-state index contributed by atoms with van der Waals surface area (Å²) in [5.41, 5.74) is 22.6. The molecule has 88 heavy (non-hydrogen) atoms. The highest BCUT2D eigenvalue weighted by atomic mass is 15.2. The van der Waals surface area contributed by atoms with Crippen molar-refractivity contribution >= 4 is 55.7 Å². The van der Waals surface area contributed by atoms with Gasteiger partial charge in [0, 0.05) is 33.5 Å². The summed E-state index contributed by atoms with van der Waals surface area (Å²) in [6.07, 6.45) is 0. The largest absolute Gasteiger partial charge is 0.310 e. The molecule has 0 heterocycles. The summed E-state index contributed by atoms with van der Waals surface area (Å²) in [6, 6.07) is 103. The van der Waals surface area contributed by atoms with Crippen LogP contribution in [0.2, 0.25) is 0 Å². The standard InChI is InChI=1S/C86H80N2/c1-81(2,3)57-39-47-63(48-40-57)87(64-49-41-58(42-50-64)82(4,5)6)77-55-75-79(69-33-21-19-31-67(69)77)71-35-23-25-37-73(71)85(75,61-27-15-13-16-28-61)86(62-29-17-14-18-30-62)74-38-26-24-36-72(74)80-70-34-22-20-32-68(70)78(56-76(80)86)88(65-51-43-59(44-52-65)83(7,8)9)66-53-45-60(46-54-66)84(10,11)12/h13-56H,1-12H3. The van der Waals surface area contributed by atoms with Crippen LogP contribution in [0.4, 0.5) is 34.1 Å². The van der Waals surface area contributed by atoms with E-state index in [-0.39, 0.29) is 21.7 Å².